The fourth-order valence-electron chi connectivity index (χ4n) is 3.92. The van der Waals surface area contributed by atoms with E-state index in [-0.39, 0.29) is 11.9 Å². The number of esters is 2. The predicted molar refractivity (Wildman–Crippen MR) is 134 cm³/mol. The van der Waals surface area contributed by atoms with E-state index in [4.69, 9.17) is 16.3 Å². The standard InChI is InChI=1S/C17H14ClNO2.C10H9NO2/c1-21-17(20)14-6-3-7-15-16(14)12(10-19-15)8-11-4-2-5-13(18)9-11;1-13-10(12)8-3-2-4-9-7(8)5-6-11-9/h2-7,9-10,19H,8H2,1H3;2-6,11H,1H3. The molecule has 0 radical (unpaired) electrons. The van der Waals surface area contributed by atoms with Gasteiger partial charge in [-0.05, 0) is 60.0 Å². The van der Waals surface area contributed by atoms with Gasteiger partial charge in [0.05, 0.1) is 25.3 Å². The van der Waals surface area contributed by atoms with E-state index in [2.05, 4.69) is 14.7 Å². The van der Waals surface area contributed by atoms with Gasteiger partial charge in [0.2, 0.25) is 0 Å². The molecule has 0 spiro atoms. The fourth-order valence-corrected chi connectivity index (χ4v) is 4.13. The number of halogens is 1. The maximum absolute atomic E-state index is 11.9. The Labute approximate surface area is 201 Å². The van der Waals surface area contributed by atoms with E-state index in [1.54, 1.807) is 18.3 Å². The minimum atomic E-state index is -0.326. The third-order valence-corrected chi connectivity index (χ3v) is 5.71. The summed E-state index contributed by atoms with van der Waals surface area (Å²) in [5.41, 5.74) is 5.20. The monoisotopic (exact) mass is 474 g/mol. The number of carbonyl (C=O) groups is 2. The van der Waals surface area contributed by atoms with Crippen LogP contribution in [-0.4, -0.2) is 36.1 Å². The number of hydrogen-bond donors (Lipinski definition) is 2. The molecule has 0 fully saturated rings. The summed E-state index contributed by atoms with van der Waals surface area (Å²) in [7, 11) is 2.78. The second-order valence-electron chi connectivity index (χ2n) is 7.58. The molecule has 0 unspecified atom stereocenters. The van der Waals surface area contributed by atoms with E-state index in [9.17, 15) is 9.59 Å². The summed E-state index contributed by atoms with van der Waals surface area (Å²) in [5.74, 6) is -0.627. The Morgan fingerprint density at radius 1 is 0.824 bits per heavy atom. The van der Waals surface area contributed by atoms with Crippen LogP contribution in [0.3, 0.4) is 0 Å². The van der Waals surface area contributed by atoms with E-state index in [0.717, 1.165) is 32.9 Å². The van der Waals surface area contributed by atoms with E-state index in [1.165, 1.54) is 14.2 Å². The zero-order valence-electron chi connectivity index (χ0n) is 18.7. The van der Waals surface area contributed by atoms with Gasteiger partial charge in [-0.15, -0.1) is 0 Å². The van der Waals surface area contributed by atoms with Crippen molar-refractivity contribution in [1.82, 2.24) is 9.97 Å². The highest BCUT2D eigenvalue weighted by Crippen LogP contribution is 2.26. The van der Waals surface area contributed by atoms with Gasteiger partial charge in [-0.1, -0.05) is 35.9 Å². The highest BCUT2D eigenvalue weighted by molar-refractivity contribution is 6.30. The maximum Gasteiger partial charge on any atom is 0.338 e. The topological polar surface area (TPSA) is 84.2 Å². The SMILES string of the molecule is COC(=O)c1cccc2[nH]cc(Cc3cccc(Cl)c3)c12.COC(=O)c1cccc2[nH]ccc12. The minimum Gasteiger partial charge on any atom is -0.465 e. The molecule has 3 aromatic carbocycles. The van der Waals surface area contributed by atoms with Crippen LogP contribution in [0.25, 0.3) is 21.8 Å². The molecule has 34 heavy (non-hydrogen) atoms. The number of methoxy groups -OCH3 is 2. The van der Waals surface area contributed by atoms with Gasteiger partial charge >= 0.3 is 11.9 Å². The average molecular weight is 475 g/mol. The van der Waals surface area contributed by atoms with Gasteiger partial charge in [-0.25, -0.2) is 9.59 Å². The van der Waals surface area contributed by atoms with Gasteiger partial charge in [0, 0.05) is 39.2 Å². The first-order valence-corrected chi connectivity index (χ1v) is 11.0. The molecule has 0 aliphatic carbocycles. The molecule has 172 valence electrons. The molecule has 5 aromatic rings. The van der Waals surface area contributed by atoms with Crippen molar-refractivity contribution in [2.24, 2.45) is 0 Å². The van der Waals surface area contributed by atoms with Gasteiger partial charge < -0.3 is 19.4 Å². The Morgan fingerprint density at radius 2 is 1.50 bits per heavy atom. The molecule has 2 heterocycles. The minimum absolute atomic E-state index is 0.301. The Morgan fingerprint density at radius 3 is 2.24 bits per heavy atom. The van der Waals surface area contributed by atoms with Crippen LogP contribution in [0.15, 0.2) is 79.1 Å². The van der Waals surface area contributed by atoms with E-state index in [0.29, 0.717) is 22.6 Å². The Hall–Kier alpha value is -4.03. The van der Waals surface area contributed by atoms with Gasteiger partial charge in [-0.3, -0.25) is 0 Å². The molecule has 0 aliphatic heterocycles. The summed E-state index contributed by atoms with van der Waals surface area (Å²) in [6.45, 7) is 0. The molecule has 0 aliphatic rings. The van der Waals surface area contributed by atoms with Crippen molar-refractivity contribution in [2.45, 2.75) is 6.42 Å². The lowest BCUT2D eigenvalue weighted by Crippen LogP contribution is -2.02. The third kappa shape index (κ3) is 4.82. The molecular weight excluding hydrogens is 452 g/mol. The third-order valence-electron chi connectivity index (χ3n) is 5.48. The van der Waals surface area contributed by atoms with Crippen molar-refractivity contribution >= 4 is 45.3 Å². The number of carbonyl (C=O) groups excluding carboxylic acids is 2. The van der Waals surface area contributed by atoms with E-state index >= 15 is 0 Å². The molecule has 0 saturated carbocycles. The summed E-state index contributed by atoms with van der Waals surface area (Å²) in [6, 6.07) is 20.7. The van der Waals surface area contributed by atoms with Gasteiger partial charge in [-0.2, -0.15) is 0 Å². The Balaban J connectivity index is 0.000000180. The number of aromatic amines is 2. The first-order valence-electron chi connectivity index (χ1n) is 10.6. The highest BCUT2D eigenvalue weighted by Gasteiger charge is 2.15. The number of hydrogen-bond acceptors (Lipinski definition) is 4. The van der Waals surface area contributed by atoms with Crippen LogP contribution >= 0.6 is 11.6 Å². The van der Waals surface area contributed by atoms with Crippen molar-refractivity contribution in [3.8, 4) is 0 Å². The molecule has 2 aromatic heterocycles. The van der Waals surface area contributed by atoms with Crippen molar-refractivity contribution in [2.75, 3.05) is 14.2 Å². The van der Waals surface area contributed by atoms with Crippen LogP contribution in [-0.2, 0) is 15.9 Å². The van der Waals surface area contributed by atoms with Gasteiger partial charge in [0.25, 0.3) is 0 Å². The second kappa shape index (κ2) is 10.3. The lowest BCUT2D eigenvalue weighted by atomic mass is 10.0. The number of fused-ring (bicyclic) bond motifs is 2. The summed E-state index contributed by atoms with van der Waals surface area (Å²) in [4.78, 5) is 29.4. The number of H-pyrrole nitrogens is 2. The van der Waals surface area contributed by atoms with Crippen LogP contribution in [0.4, 0.5) is 0 Å². The zero-order chi connectivity index (χ0) is 24.1. The van der Waals surface area contributed by atoms with Crippen LogP contribution in [0.2, 0.25) is 5.02 Å². The summed E-state index contributed by atoms with van der Waals surface area (Å²) >= 11 is 6.03. The highest BCUT2D eigenvalue weighted by atomic mass is 35.5. The lowest BCUT2D eigenvalue weighted by molar-refractivity contribution is 0.0594. The van der Waals surface area contributed by atoms with E-state index in [1.807, 2.05) is 60.8 Å². The normalized spacial score (nSPS) is 10.6. The van der Waals surface area contributed by atoms with Crippen molar-refractivity contribution < 1.29 is 19.1 Å². The number of rotatable bonds is 4. The molecular formula is C27H23ClN2O4. The van der Waals surface area contributed by atoms with Crippen LogP contribution in [0.1, 0.15) is 31.8 Å². The number of aromatic nitrogens is 2. The van der Waals surface area contributed by atoms with Crippen molar-refractivity contribution in [3.63, 3.8) is 0 Å². The van der Waals surface area contributed by atoms with Gasteiger partial charge in [0.15, 0.2) is 0 Å². The first-order chi connectivity index (χ1) is 16.5. The van der Waals surface area contributed by atoms with Crippen LogP contribution < -0.4 is 0 Å². The van der Waals surface area contributed by atoms with Crippen LogP contribution in [0, 0.1) is 0 Å². The maximum atomic E-state index is 11.9. The molecule has 6 nitrogen and oxygen atoms in total. The average Bonchev–Trinajstić information content (AvgIpc) is 3.50. The number of ether oxygens (including phenoxy) is 2. The largest absolute Gasteiger partial charge is 0.465 e. The molecule has 0 amide bonds. The molecule has 0 atom stereocenters. The van der Waals surface area contributed by atoms with Crippen molar-refractivity contribution in [3.05, 3.63) is 106 Å². The summed E-state index contributed by atoms with van der Waals surface area (Å²) in [5, 5.41) is 2.51. The first kappa shape index (κ1) is 23.1. The van der Waals surface area contributed by atoms with E-state index < -0.39 is 0 Å². The predicted octanol–water partition coefficient (Wildman–Crippen LogP) is 6.15. The lowest BCUT2D eigenvalue weighted by Gasteiger charge is -2.05. The number of nitrogens with one attached hydrogen (secondary N) is 2. The summed E-state index contributed by atoms with van der Waals surface area (Å²) in [6.07, 6.45) is 4.43. The Kier molecular flexibility index (Phi) is 6.99. The number of benzene rings is 3. The quantitative estimate of drug-likeness (QED) is 0.306. The smallest absolute Gasteiger partial charge is 0.338 e. The molecule has 0 saturated heterocycles. The molecule has 5 rings (SSSR count). The summed E-state index contributed by atoms with van der Waals surface area (Å²) < 4.78 is 9.53. The van der Waals surface area contributed by atoms with Crippen molar-refractivity contribution in [1.29, 1.82) is 0 Å². The fraction of sp³-hybridized carbons (Fsp3) is 0.111. The molecule has 2 N–H and O–H groups in total. The van der Waals surface area contributed by atoms with Gasteiger partial charge in [0.1, 0.15) is 0 Å². The molecule has 0 bridgehead atoms. The van der Waals surface area contributed by atoms with Crippen LogP contribution in [0.5, 0.6) is 0 Å². The Bertz CT molecular complexity index is 1470. The molecule has 7 heteroatoms. The zero-order valence-corrected chi connectivity index (χ0v) is 19.5. The second-order valence-corrected chi connectivity index (χ2v) is 8.01.